The molecule has 0 fully saturated rings. The number of rotatable bonds is 4. The van der Waals surface area contributed by atoms with Gasteiger partial charge in [-0.05, 0) is 13.0 Å². The summed E-state index contributed by atoms with van der Waals surface area (Å²) in [6.45, 7) is 1.56. The molecule has 6 heteroatoms. The Morgan fingerprint density at radius 2 is 2.27 bits per heavy atom. The van der Waals surface area contributed by atoms with Gasteiger partial charge in [-0.25, -0.2) is 13.4 Å². The van der Waals surface area contributed by atoms with Crippen LogP contribution < -0.4 is 4.74 Å². The molecule has 0 spiro atoms. The van der Waals surface area contributed by atoms with E-state index < -0.39 is 15.1 Å². The predicted molar refractivity (Wildman–Crippen MR) is 58.2 cm³/mol. The fourth-order valence-electron chi connectivity index (χ4n) is 0.995. The van der Waals surface area contributed by atoms with Crippen molar-refractivity contribution in [3.8, 4) is 5.88 Å². The van der Waals surface area contributed by atoms with Gasteiger partial charge in [-0.1, -0.05) is 0 Å². The summed E-state index contributed by atoms with van der Waals surface area (Å²) in [7, 11) is -1.94. The number of alkyl halides is 1. The molecule has 1 atom stereocenters. The average Bonchev–Trinajstić information content (AvgIpc) is 2.27. The maximum absolute atomic E-state index is 11.9. The first kappa shape index (κ1) is 12.3. The van der Waals surface area contributed by atoms with Gasteiger partial charge in [0.15, 0.2) is 9.84 Å². The zero-order chi connectivity index (χ0) is 11.5. The highest BCUT2D eigenvalue weighted by atomic mass is 35.5. The molecule has 1 aromatic rings. The third kappa shape index (κ3) is 2.60. The molecule has 1 rings (SSSR count). The molecule has 0 radical (unpaired) electrons. The molecule has 0 amide bonds. The van der Waals surface area contributed by atoms with Gasteiger partial charge in [0.25, 0.3) is 0 Å². The van der Waals surface area contributed by atoms with Crippen LogP contribution in [0.4, 0.5) is 0 Å². The lowest BCUT2D eigenvalue weighted by atomic mass is 10.5. The number of hydrogen-bond acceptors (Lipinski definition) is 4. The van der Waals surface area contributed by atoms with Crippen molar-refractivity contribution in [1.82, 2.24) is 4.98 Å². The largest absolute Gasteiger partial charge is 0.481 e. The predicted octanol–water partition coefficient (Wildman–Crippen LogP) is 1.49. The molecule has 15 heavy (non-hydrogen) atoms. The molecule has 4 nitrogen and oxygen atoms in total. The molecule has 0 bridgehead atoms. The van der Waals surface area contributed by atoms with E-state index in [0.29, 0.717) is 0 Å². The summed E-state index contributed by atoms with van der Waals surface area (Å²) in [5.74, 6) is 0.338. The van der Waals surface area contributed by atoms with Crippen molar-refractivity contribution in [3.63, 3.8) is 0 Å². The van der Waals surface area contributed by atoms with Crippen molar-refractivity contribution in [1.29, 1.82) is 0 Å². The Morgan fingerprint density at radius 1 is 1.60 bits per heavy atom. The molecule has 0 saturated heterocycles. The van der Waals surface area contributed by atoms with Crippen LogP contribution in [0.1, 0.15) is 6.92 Å². The minimum Gasteiger partial charge on any atom is -0.481 e. The van der Waals surface area contributed by atoms with E-state index in [9.17, 15) is 8.42 Å². The van der Waals surface area contributed by atoms with Gasteiger partial charge >= 0.3 is 0 Å². The molecular weight excluding hydrogens is 238 g/mol. The van der Waals surface area contributed by atoms with Gasteiger partial charge in [0.2, 0.25) is 5.88 Å². The average molecular weight is 250 g/mol. The minimum atomic E-state index is -3.37. The monoisotopic (exact) mass is 249 g/mol. The summed E-state index contributed by atoms with van der Waals surface area (Å²) in [5.41, 5.74) is 0. The lowest BCUT2D eigenvalue weighted by molar-refractivity contribution is 0.396. The second-order valence-electron chi connectivity index (χ2n) is 3.04. The number of pyridine rings is 1. The highest BCUT2D eigenvalue weighted by Gasteiger charge is 2.22. The van der Waals surface area contributed by atoms with E-state index in [1.807, 2.05) is 0 Å². The lowest BCUT2D eigenvalue weighted by Gasteiger charge is -2.09. The van der Waals surface area contributed by atoms with Crippen LogP contribution in [0.3, 0.4) is 0 Å². The molecule has 84 valence electrons. The lowest BCUT2D eigenvalue weighted by Crippen LogP contribution is -2.19. The van der Waals surface area contributed by atoms with Crippen molar-refractivity contribution in [2.45, 2.75) is 17.1 Å². The van der Waals surface area contributed by atoms with Gasteiger partial charge in [-0.3, -0.25) is 0 Å². The van der Waals surface area contributed by atoms with Crippen molar-refractivity contribution in [3.05, 3.63) is 18.3 Å². The highest BCUT2D eigenvalue weighted by Crippen LogP contribution is 2.19. The molecule has 0 aromatic carbocycles. The molecule has 0 N–H and O–H groups in total. The first-order valence-electron chi connectivity index (χ1n) is 4.32. The topological polar surface area (TPSA) is 56.3 Å². The summed E-state index contributed by atoms with van der Waals surface area (Å²) in [4.78, 5) is 4.02. The smallest absolute Gasteiger partial charge is 0.214 e. The summed E-state index contributed by atoms with van der Waals surface area (Å²) < 4.78 is 28.6. The van der Waals surface area contributed by atoms with Gasteiger partial charge < -0.3 is 4.74 Å². The van der Waals surface area contributed by atoms with Crippen molar-refractivity contribution in [2.75, 3.05) is 13.0 Å². The quantitative estimate of drug-likeness (QED) is 0.759. The Labute approximate surface area is 94.2 Å². The van der Waals surface area contributed by atoms with Gasteiger partial charge in [0, 0.05) is 18.1 Å². The second-order valence-corrected chi connectivity index (χ2v) is 5.72. The number of methoxy groups -OCH3 is 1. The van der Waals surface area contributed by atoms with Crippen LogP contribution >= 0.6 is 11.6 Å². The van der Waals surface area contributed by atoms with E-state index in [0.717, 1.165) is 0 Å². The number of hydrogen-bond donors (Lipinski definition) is 0. The van der Waals surface area contributed by atoms with Crippen LogP contribution in [0, 0.1) is 0 Å². The van der Waals surface area contributed by atoms with Crippen LogP contribution in [0.2, 0.25) is 0 Å². The van der Waals surface area contributed by atoms with E-state index >= 15 is 0 Å². The van der Waals surface area contributed by atoms with Crippen LogP contribution in [-0.2, 0) is 9.84 Å². The Bertz CT molecular complexity index is 433. The minimum absolute atomic E-state index is 0.0625. The van der Waals surface area contributed by atoms with Gasteiger partial charge in [0.1, 0.15) is 0 Å². The molecule has 1 unspecified atom stereocenters. The Hall–Kier alpha value is -0.810. The number of halogens is 1. The molecule has 0 aliphatic carbocycles. The summed E-state index contributed by atoms with van der Waals surface area (Å²) in [6.07, 6.45) is 1.40. The van der Waals surface area contributed by atoms with Crippen molar-refractivity contribution in [2.24, 2.45) is 0 Å². The van der Waals surface area contributed by atoms with Gasteiger partial charge in [0.05, 0.1) is 17.3 Å². The zero-order valence-corrected chi connectivity index (χ0v) is 10.0. The summed E-state index contributed by atoms with van der Waals surface area (Å²) >= 11 is 5.53. The van der Waals surface area contributed by atoms with Crippen molar-refractivity contribution >= 4 is 21.4 Å². The van der Waals surface area contributed by atoms with E-state index in [2.05, 4.69) is 4.98 Å². The standard InChI is InChI=1S/C9H12ClNO3S/c1-7(6-10)15(12,13)8-3-4-11-9(5-8)14-2/h3-5,7H,6H2,1-2H3. The maximum atomic E-state index is 11.9. The summed E-state index contributed by atoms with van der Waals surface area (Å²) in [5, 5.41) is -0.619. The molecule has 0 aliphatic rings. The summed E-state index contributed by atoms with van der Waals surface area (Å²) in [6, 6.07) is 2.82. The first-order chi connectivity index (χ1) is 7.02. The first-order valence-corrected chi connectivity index (χ1v) is 6.40. The van der Waals surface area contributed by atoms with E-state index in [1.54, 1.807) is 6.92 Å². The van der Waals surface area contributed by atoms with Crippen LogP contribution in [-0.4, -0.2) is 31.6 Å². The van der Waals surface area contributed by atoms with E-state index in [4.69, 9.17) is 16.3 Å². The highest BCUT2D eigenvalue weighted by molar-refractivity contribution is 7.92. The van der Waals surface area contributed by atoms with Gasteiger partial charge in [-0.2, -0.15) is 0 Å². The number of ether oxygens (including phenoxy) is 1. The Balaban J connectivity index is 3.16. The normalized spacial score (nSPS) is 13.5. The van der Waals surface area contributed by atoms with Crippen LogP contribution in [0.5, 0.6) is 5.88 Å². The molecule has 1 heterocycles. The molecule has 1 aromatic heterocycles. The number of sulfone groups is 1. The van der Waals surface area contributed by atoms with E-state index in [-0.39, 0.29) is 16.7 Å². The molecular formula is C9H12ClNO3S. The SMILES string of the molecule is COc1cc(S(=O)(=O)C(C)CCl)ccn1. The third-order valence-corrected chi connectivity index (χ3v) is 4.77. The Morgan fingerprint density at radius 3 is 2.80 bits per heavy atom. The number of nitrogens with zero attached hydrogens (tertiary/aromatic N) is 1. The maximum Gasteiger partial charge on any atom is 0.214 e. The van der Waals surface area contributed by atoms with Crippen LogP contribution in [0.25, 0.3) is 0 Å². The second kappa shape index (κ2) is 4.81. The molecule has 0 saturated carbocycles. The van der Waals surface area contributed by atoms with Crippen LogP contribution in [0.15, 0.2) is 23.2 Å². The zero-order valence-electron chi connectivity index (χ0n) is 8.47. The fraction of sp³-hybridized carbons (Fsp3) is 0.444. The molecule has 0 aliphatic heterocycles. The van der Waals surface area contributed by atoms with Crippen molar-refractivity contribution < 1.29 is 13.2 Å². The fourth-order valence-corrected chi connectivity index (χ4v) is 2.64. The Kier molecular flexibility index (Phi) is 3.93. The number of aromatic nitrogens is 1. The van der Waals surface area contributed by atoms with Gasteiger partial charge in [-0.15, -0.1) is 11.6 Å². The third-order valence-electron chi connectivity index (χ3n) is 1.99. The van der Waals surface area contributed by atoms with E-state index in [1.165, 1.54) is 25.4 Å².